The maximum atomic E-state index is 14.6. The van der Waals surface area contributed by atoms with Crippen LogP contribution in [-0.4, -0.2) is 138 Å². The number of morpholine rings is 2. The van der Waals surface area contributed by atoms with E-state index < -0.39 is 0 Å². The first-order chi connectivity index (χ1) is 26.0. The molecule has 3 aromatic carbocycles. The molecule has 2 saturated heterocycles. The fourth-order valence-corrected chi connectivity index (χ4v) is 7.67. The van der Waals surface area contributed by atoms with Gasteiger partial charge in [0.2, 0.25) is 0 Å². The number of nitrogens with zero attached hydrogens (tertiary/aromatic N) is 4. The van der Waals surface area contributed by atoms with Gasteiger partial charge in [-0.2, -0.15) is 0 Å². The minimum atomic E-state index is -0.240. The number of fused-ring (bicyclic) bond motifs is 2. The fraction of sp³-hybridized carbons (Fsp3) is 0.429. The normalized spacial score (nSPS) is 15.6. The number of H-pyrrole nitrogens is 2. The molecule has 53 heavy (non-hydrogen) atoms. The van der Waals surface area contributed by atoms with E-state index in [1.165, 1.54) is 12.1 Å². The number of benzene rings is 3. The van der Waals surface area contributed by atoms with Crippen molar-refractivity contribution in [3.63, 3.8) is 0 Å². The summed E-state index contributed by atoms with van der Waals surface area (Å²) in [7, 11) is 0. The van der Waals surface area contributed by atoms with Gasteiger partial charge in [-0.05, 0) is 67.1 Å². The molecule has 0 bridgehead atoms. The van der Waals surface area contributed by atoms with Gasteiger partial charge in [0, 0.05) is 99.6 Å². The molecule has 7 rings (SSSR count). The molecule has 0 saturated carbocycles. The molecular weight excluding hydrogens is 668 g/mol. The van der Waals surface area contributed by atoms with Crippen molar-refractivity contribution in [3.8, 4) is 5.75 Å². The lowest BCUT2D eigenvalue weighted by Crippen LogP contribution is -2.41. The van der Waals surface area contributed by atoms with Crippen LogP contribution in [0.15, 0.2) is 79.1 Å². The topological polar surface area (TPSA) is 117 Å². The first-order valence-corrected chi connectivity index (χ1v) is 19.2. The molecule has 5 aromatic rings. The Balaban J connectivity index is 1.12. The number of carbonyl (C=O) groups excluding carboxylic acids is 2. The second-order valence-corrected chi connectivity index (χ2v) is 14.1. The Morgan fingerprint density at radius 2 is 1.09 bits per heavy atom. The Kier molecular flexibility index (Phi) is 12.4. The molecule has 280 valence electrons. The summed E-state index contributed by atoms with van der Waals surface area (Å²) in [5.41, 5.74) is 4.99. The van der Waals surface area contributed by atoms with Gasteiger partial charge in [0.1, 0.15) is 5.75 Å². The van der Waals surface area contributed by atoms with Crippen molar-refractivity contribution in [2.24, 2.45) is 0 Å². The minimum Gasteiger partial charge on any atom is -0.508 e. The maximum Gasteiger partial charge on any atom is 0.254 e. The minimum absolute atomic E-state index is 0.0348. The Morgan fingerprint density at radius 1 is 0.623 bits per heavy atom. The average molecular weight is 721 g/mol. The molecule has 0 radical (unpaired) electrons. The monoisotopic (exact) mass is 720 g/mol. The third-order valence-electron chi connectivity index (χ3n) is 10.7. The van der Waals surface area contributed by atoms with Crippen molar-refractivity contribution in [2.45, 2.75) is 25.7 Å². The lowest BCUT2D eigenvalue weighted by atomic mass is 10.0. The molecule has 0 aliphatic carbocycles. The zero-order valence-electron chi connectivity index (χ0n) is 30.6. The fourth-order valence-electron chi connectivity index (χ4n) is 7.67. The number of nitrogens with one attached hydrogen (secondary N) is 2. The van der Waals surface area contributed by atoms with Crippen molar-refractivity contribution in [1.29, 1.82) is 0 Å². The number of para-hydroxylation sites is 2. The largest absolute Gasteiger partial charge is 0.508 e. The van der Waals surface area contributed by atoms with E-state index in [2.05, 4.69) is 44.0 Å². The summed E-state index contributed by atoms with van der Waals surface area (Å²) in [4.78, 5) is 44.5. The molecule has 2 aliphatic heterocycles. The van der Waals surface area contributed by atoms with E-state index in [-0.39, 0.29) is 23.1 Å². The number of aromatic nitrogens is 2. The number of carbonyl (C=O) groups is 2. The van der Waals surface area contributed by atoms with E-state index in [1.54, 1.807) is 6.07 Å². The SMILES string of the molecule is O=C(c1ccc(O)cc1C(=O)N(CCCN1CCOCC1)CCc1c[nH]c2ccccc12)N(CCCN1CCOCC1)CCc1c[nH]c2ccccc12. The zero-order valence-corrected chi connectivity index (χ0v) is 30.6. The average Bonchev–Trinajstić information content (AvgIpc) is 3.82. The first kappa shape index (κ1) is 36.7. The summed E-state index contributed by atoms with van der Waals surface area (Å²) >= 11 is 0. The van der Waals surface area contributed by atoms with Crippen LogP contribution in [0, 0.1) is 0 Å². The molecular formula is C42H52N6O5. The van der Waals surface area contributed by atoms with E-state index in [0.29, 0.717) is 44.6 Å². The Bertz CT molecular complexity index is 1960. The second kappa shape index (κ2) is 17.9. The number of phenols is 1. The Labute approximate surface area is 311 Å². The van der Waals surface area contributed by atoms with Gasteiger partial charge in [-0.3, -0.25) is 19.4 Å². The quantitative estimate of drug-likeness (QED) is 0.129. The van der Waals surface area contributed by atoms with Gasteiger partial charge in [-0.15, -0.1) is 0 Å². The number of hydrogen-bond donors (Lipinski definition) is 3. The van der Waals surface area contributed by atoms with E-state index in [9.17, 15) is 14.7 Å². The predicted octanol–water partition coefficient (Wildman–Crippen LogP) is 5.17. The molecule has 11 heteroatoms. The van der Waals surface area contributed by atoms with Gasteiger partial charge in [-0.1, -0.05) is 36.4 Å². The van der Waals surface area contributed by atoms with E-state index in [0.717, 1.165) is 111 Å². The summed E-state index contributed by atoms with van der Waals surface area (Å²) in [6, 6.07) is 21.0. The Hall–Kier alpha value is -4.68. The van der Waals surface area contributed by atoms with Gasteiger partial charge < -0.3 is 34.3 Å². The lowest BCUT2D eigenvalue weighted by Gasteiger charge is -2.30. The van der Waals surface area contributed by atoms with Crippen LogP contribution in [0.1, 0.15) is 44.7 Å². The molecule has 3 N–H and O–H groups in total. The summed E-state index contributed by atoms with van der Waals surface area (Å²) in [6.45, 7) is 10.2. The number of hydrogen-bond acceptors (Lipinski definition) is 7. The highest BCUT2D eigenvalue weighted by Crippen LogP contribution is 2.24. The molecule has 2 fully saturated rings. The number of ether oxygens (including phenoxy) is 2. The number of phenolic OH excluding ortho intramolecular Hbond substituents is 1. The highest BCUT2D eigenvalue weighted by atomic mass is 16.5. The summed E-state index contributed by atoms with van der Waals surface area (Å²) in [5.74, 6) is -0.469. The van der Waals surface area contributed by atoms with E-state index in [1.807, 2.05) is 46.5 Å². The highest BCUT2D eigenvalue weighted by Gasteiger charge is 2.27. The van der Waals surface area contributed by atoms with Crippen LogP contribution < -0.4 is 0 Å². The van der Waals surface area contributed by atoms with Crippen LogP contribution >= 0.6 is 0 Å². The summed E-state index contributed by atoms with van der Waals surface area (Å²) < 4.78 is 11.1. The van der Waals surface area contributed by atoms with Crippen LogP contribution in [0.25, 0.3) is 21.8 Å². The summed E-state index contributed by atoms with van der Waals surface area (Å²) in [6.07, 6.45) is 6.98. The van der Waals surface area contributed by atoms with Crippen LogP contribution in [0.3, 0.4) is 0 Å². The molecule has 2 amide bonds. The first-order valence-electron chi connectivity index (χ1n) is 19.2. The van der Waals surface area contributed by atoms with Gasteiger partial charge in [0.05, 0.1) is 37.6 Å². The van der Waals surface area contributed by atoms with Gasteiger partial charge >= 0.3 is 0 Å². The zero-order chi connectivity index (χ0) is 36.4. The van der Waals surface area contributed by atoms with Crippen molar-refractivity contribution in [2.75, 3.05) is 91.9 Å². The number of rotatable bonds is 16. The molecule has 2 aliphatic rings. The standard InChI is InChI=1S/C42H52N6O5/c49-34-11-12-37(41(50)47(17-5-15-45-21-25-52-26-22-45)19-13-32-30-43-39-9-3-1-7-35(32)39)38(29-34)42(51)48(18-6-16-46-23-27-53-28-24-46)20-14-33-31-44-40-10-4-2-8-36(33)40/h1-4,7-12,29-31,43-44,49H,5-6,13-28H2. The smallest absolute Gasteiger partial charge is 0.254 e. The molecule has 4 heterocycles. The van der Waals surface area contributed by atoms with Gasteiger partial charge in [-0.25, -0.2) is 0 Å². The van der Waals surface area contributed by atoms with Crippen LogP contribution in [0.2, 0.25) is 0 Å². The predicted molar refractivity (Wildman–Crippen MR) is 208 cm³/mol. The van der Waals surface area contributed by atoms with Crippen molar-refractivity contribution in [1.82, 2.24) is 29.6 Å². The number of aromatic amines is 2. The van der Waals surface area contributed by atoms with Crippen LogP contribution in [-0.2, 0) is 22.3 Å². The van der Waals surface area contributed by atoms with Crippen molar-refractivity contribution >= 4 is 33.6 Å². The molecule has 0 spiro atoms. The van der Waals surface area contributed by atoms with Crippen molar-refractivity contribution in [3.05, 3.63) is 101 Å². The maximum absolute atomic E-state index is 14.6. The van der Waals surface area contributed by atoms with E-state index >= 15 is 0 Å². The van der Waals surface area contributed by atoms with Crippen LogP contribution in [0.4, 0.5) is 0 Å². The van der Waals surface area contributed by atoms with Gasteiger partial charge in [0.25, 0.3) is 11.8 Å². The summed E-state index contributed by atoms with van der Waals surface area (Å²) in [5, 5.41) is 13.0. The molecule has 11 nitrogen and oxygen atoms in total. The number of amides is 2. The molecule has 0 unspecified atom stereocenters. The third-order valence-corrected chi connectivity index (χ3v) is 10.7. The molecule has 0 atom stereocenters. The molecule has 2 aromatic heterocycles. The second-order valence-electron chi connectivity index (χ2n) is 14.1. The van der Waals surface area contributed by atoms with Crippen LogP contribution in [0.5, 0.6) is 5.75 Å². The van der Waals surface area contributed by atoms with E-state index in [4.69, 9.17) is 9.47 Å². The number of aromatic hydroxyl groups is 1. The highest BCUT2D eigenvalue weighted by molar-refractivity contribution is 6.07. The lowest BCUT2D eigenvalue weighted by molar-refractivity contribution is 0.0356. The Morgan fingerprint density at radius 3 is 1.60 bits per heavy atom. The van der Waals surface area contributed by atoms with Gasteiger partial charge in [0.15, 0.2) is 0 Å². The van der Waals surface area contributed by atoms with Crippen molar-refractivity contribution < 1.29 is 24.2 Å². The third kappa shape index (κ3) is 9.28.